The Morgan fingerprint density at radius 2 is 1.68 bits per heavy atom. The van der Waals surface area contributed by atoms with E-state index in [0.29, 0.717) is 19.3 Å². The lowest BCUT2D eigenvalue weighted by Gasteiger charge is -2.68. The second kappa shape index (κ2) is 5.01. The van der Waals surface area contributed by atoms with Gasteiger partial charge in [-0.1, -0.05) is 34.6 Å². The molecule has 0 aromatic heterocycles. The van der Waals surface area contributed by atoms with Gasteiger partial charge < -0.3 is 20.4 Å². The molecule has 1 spiro atoms. The van der Waals surface area contributed by atoms with E-state index in [1.165, 1.54) is 0 Å². The highest BCUT2D eigenvalue weighted by Gasteiger charge is 2.87. The number of rotatable bonds is 0. The molecule has 0 aromatic carbocycles. The first-order valence-electron chi connectivity index (χ1n) is 10.5. The highest BCUT2D eigenvalue weighted by Crippen LogP contribution is 2.76. The molecule has 158 valence electrons. The van der Waals surface area contributed by atoms with Gasteiger partial charge in [-0.3, -0.25) is 9.63 Å². The third kappa shape index (κ3) is 1.63. The van der Waals surface area contributed by atoms with Gasteiger partial charge in [0.1, 0.15) is 11.5 Å². The largest absolute Gasteiger partial charge is 0.392 e. The number of aliphatic hydroxyl groups is 4. The van der Waals surface area contributed by atoms with E-state index >= 15 is 0 Å². The second-order valence-corrected chi connectivity index (χ2v) is 11.5. The molecule has 2 heterocycles. The minimum atomic E-state index is -2.25. The molecule has 2 aliphatic heterocycles. The number of hydrogen-bond donors (Lipinski definition) is 5. The molecule has 6 bridgehead atoms. The number of ketones is 1. The van der Waals surface area contributed by atoms with Gasteiger partial charge in [0.15, 0.2) is 5.78 Å². The number of fused-ring (bicyclic) bond motifs is 2. The smallest absolute Gasteiger partial charge is 0.227 e. The summed E-state index contributed by atoms with van der Waals surface area (Å²) in [4.78, 5) is 19.6. The van der Waals surface area contributed by atoms with Crippen LogP contribution in [0.1, 0.15) is 53.9 Å². The Bertz CT molecular complexity index is 753. The van der Waals surface area contributed by atoms with E-state index in [-0.39, 0.29) is 11.7 Å². The molecule has 4 saturated carbocycles. The van der Waals surface area contributed by atoms with Gasteiger partial charge >= 0.3 is 0 Å². The SMILES string of the molecule is CC1(C)C[C@@H](O)[C@@H]2NO[C@]3(O)[C@@H](O)[C@H]1[C@]2(C)[C@@H]1CC[C@@H]2[C@H](O)[C@@]13C(=O)C2(C)C. The van der Waals surface area contributed by atoms with E-state index in [2.05, 4.69) is 5.48 Å². The van der Waals surface area contributed by atoms with Gasteiger partial charge in [-0.25, -0.2) is 0 Å². The predicted octanol–water partition coefficient (Wildman–Crippen LogP) is 0.349. The molecule has 10 atom stereocenters. The van der Waals surface area contributed by atoms with Crippen molar-refractivity contribution in [3.05, 3.63) is 0 Å². The molecule has 4 aliphatic carbocycles. The summed E-state index contributed by atoms with van der Waals surface area (Å²) in [6.07, 6.45) is -1.45. The van der Waals surface area contributed by atoms with Crippen molar-refractivity contribution in [2.45, 2.75) is 84.0 Å². The quantitative estimate of drug-likeness (QED) is 0.401. The van der Waals surface area contributed by atoms with Crippen molar-refractivity contribution < 1.29 is 30.1 Å². The number of hydroxylamine groups is 1. The van der Waals surface area contributed by atoms with Crippen LogP contribution in [0.4, 0.5) is 0 Å². The molecule has 7 heteroatoms. The zero-order valence-corrected chi connectivity index (χ0v) is 17.3. The average molecular weight is 395 g/mol. The molecule has 2 saturated heterocycles. The monoisotopic (exact) mass is 395 g/mol. The number of aliphatic hydroxyl groups excluding tert-OH is 3. The molecule has 6 fully saturated rings. The van der Waals surface area contributed by atoms with Gasteiger partial charge in [-0.05, 0) is 41.9 Å². The molecular formula is C21H33NO6. The number of carbonyl (C=O) groups is 1. The molecule has 28 heavy (non-hydrogen) atoms. The van der Waals surface area contributed by atoms with Gasteiger partial charge in [0.2, 0.25) is 5.79 Å². The van der Waals surface area contributed by atoms with Crippen molar-refractivity contribution >= 4 is 5.78 Å². The van der Waals surface area contributed by atoms with E-state index in [1.54, 1.807) is 0 Å². The molecule has 6 aliphatic rings. The molecule has 7 nitrogen and oxygen atoms in total. The van der Waals surface area contributed by atoms with Crippen molar-refractivity contribution in [3.8, 4) is 0 Å². The summed E-state index contributed by atoms with van der Waals surface area (Å²) >= 11 is 0. The van der Waals surface area contributed by atoms with Gasteiger partial charge in [-0.2, -0.15) is 5.48 Å². The van der Waals surface area contributed by atoms with Crippen LogP contribution in [-0.4, -0.2) is 56.4 Å². The second-order valence-electron chi connectivity index (χ2n) is 11.5. The Morgan fingerprint density at radius 1 is 1.04 bits per heavy atom. The fourth-order valence-electron chi connectivity index (χ4n) is 8.84. The molecule has 0 unspecified atom stereocenters. The minimum absolute atomic E-state index is 0.235. The molecular weight excluding hydrogens is 362 g/mol. The summed E-state index contributed by atoms with van der Waals surface area (Å²) in [5, 5.41) is 45.8. The topological polar surface area (TPSA) is 119 Å². The van der Waals surface area contributed by atoms with Crippen LogP contribution in [0.25, 0.3) is 0 Å². The third-order valence-electron chi connectivity index (χ3n) is 9.76. The lowest BCUT2D eigenvalue weighted by Crippen LogP contribution is -2.79. The van der Waals surface area contributed by atoms with Gasteiger partial charge in [0.05, 0.1) is 18.2 Å². The van der Waals surface area contributed by atoms with E-state index < -0.39 is 63.6 Å². The maximum absolute atomic E-state index is 13.9. The zero-order valence-electron chi connectivity index (χ0n) is 17.3. The Kier molecular flexibility index (Phi) is 3.47. The molecule has 0 radical (unpaired) electrons. The van der Waals surface area contributed by atoms with Crippen LogP contribution in [0.2, 0.25) is 0 Å². The number of Topliss-reactive ketones (excluding diaryl/α,β-unsaturated/α-hetero) is 1. The third-order valence-corrected chi connectivity index (χ3v) is 9.76. The maximum atomic E-state index is 13.9. The van der Waals surface area contributed by atoms with Crippen LogP contribution in [0, 0.1) is 39.4 Å². The first kappa shape index (κ1) is 19.4. The summed E-state index contributed by atoms with van der Waals surface area (Å²) < 4.78 is 0. The summed E-state index contributed by atoms with van der Waals surface area (Å²) in [5.41, 5.74) is -0.790. The van der Waals surface area contributed by atoms with E-state index in [0.717, 1.165) is 0 Å². The normalized spacial score (nSPS) is 61.0. The standard InChI is InChI=1S/C21H33NO6/c1-17(2)8-10(23)13-19(5)11-7-6-9-14(24)20(11,16(26)18(9,3)4)21(27,28-22-13)15(25)12(17)19/h9-15,22-25,27H,6-8H2,1-5H3/t9-,10-,11+,12-,13+,14+,15+,19+,20-,21-/m1/s1. The van der Waals surface area contributed by atoms with Crippen LogP contribution in [0.3, 0.4) is 0 Å². The summed E-state index contributed by atoms with van der Waals surface area (Å²) in [5.74, 6) is -3.59. The van der Waals surface area contributed by atoms with Gasteiger partial charge in [0.25, 0.3) is 0 Å². The van der Waals surface area contributed by atoms with Crippen LogP contribution in [0.15, 0.2) is 0 Å². The van der Waals surface area contributed by atoms with E-state index in [9.17, 15) is 25.2 Å². The fourth-order valence-corrected chi connectivity index (χ4v) is 8.84. The maximum Gasteiger partial charge on any atom is 0.227 e. The predicted molar refractivity (Wildman–Crippen MR) is 98.4 cm³/mol. The van der Waals surface area contributed by atoms with Gasteiger partial charge in [-0.15, -0.1) is 0 Å². The fraction of sp³-hybridized carbons (Fsp3) is 0.952. The van der Waals surface area contributed by atoms with Gasteiger partial charge in [0, 0.05) is 11.3 Å². The summed E-state index contributed by atoms with van der Waals surface area (Å²) in [6.45, 7) is 9.62. The minimum Gasteiger partial charge on any atom is -0.392 e. The summed E-state index contributed by atoms with van der Waals surface area (Å²) in [7, 11) is 0. The van der Waals surface area contributed by atoms with Crippen molar-refractivity contribution in [2.75, 3.05) is 0 Å². The first-order valence-corrected chi connectivity index (χ1v) is 10.5. The molecule has 5 N–H and O–H groups in total. The number of nitrogens with one attached hydrogen (secondary N) is 1. The van der Waals surface area contributed by atoms with Crippen molar-refractivity contribution in [1.82, 2.24) is 5.48 Å². The Hall–Kier alpha value is -0.570. The molecule has 0 aromatic rings. The Balaban J connectivity index is 1.84. The lowest BCUT2D eigenvalue weighted by atomic mass is 9.37. The molecule has 0 amide bonds. The first-order chi connectivity index (χ1) is 12.8. The summed E-state index contributed by atoms with van der Waals surface area (Å²) in [6, 6.07) is -0.543. The Labute approximate surface area is 165 Å². The molecule has 6 rings (SSSR count). The van der Waals surface area contributed by atoms with Crippen molar-refractivity contribution in [3.63, 3.8) is 0 Å². The van der Waals surface area contributed by atoms with Crippen LogP contribution in [-0.2, 0) is 9.63 Å². The van der Waals surface area contributed by atoms with Crippen LogP contribution >= 0.6 is 0 Å². The van der Waals surface area contributed by atoms with E-state index in [4.69, 9.17) is 4.84 Å². The Morgan fingerprint density at radius 3 is 2.32 bits per heavy atom. The van der Waals surface area contributed by atoms with E-state index in [1.807, 2.05) is 34.6 Å². The van der Waals surface area contributed by atoms with Crippen LogP contribution in [0.5, 0.6) is 0 Å². The lowest BCUT2D eigenvalue weighted by molar-refractivity contribution is -0.382. The van der Waals surface area contributed by atoms with Crippen molar-refractivity contribution in [1.29, 1.82) is 0 Å². The number of carbonyl (C=O) groups excluding carboxylic acids is 1. The zero-order chi connectivity index (χ0) is 20.7. The highest BCUT2D eigenvalue weighted by molar-refractivity contribution is 5.95. The average Bonchev–Trinajstić information content (AvgIpc) is 2.68. The van der Waals surface area contributed by atoms with Crippen LogP contribution < -0.4 is 5.48 Å². The van der Waals surface area contributed by atoms with Crippen molar-refractivity contribution in [2.24, 2.45) is 39.4 Å². The number of hydrogen-bond acceptors (Lipinski definition) is 7. The highest BCUT2D eigenvalue weighted by atomic mass is 16.8.